The van der Waals surface area contributed by atoms with Crippen molar-refractivity contribution in [3.8, 4) is 11.5 Å². The molecule has 144 valence electrons. The summed E-state index contributed by atoms with van der Waals surface area (Å²) in [4.78, 5) is 12.7. The van der Waals surface area contributed by atoms with Crippen LogP contribution in [0.4, 0.5) is 11.6 Å². The highest BCUT2D eigenvalue weighted by atomic mass is 16.5. The van der Waals surface area contributed by atoms with Crippen molar-refractivity contribution in [3.63, 3.8) is 0 Å². The first-order valence-electron chi connectivity index (χ1n) is 9.34. The standard InChI is InChI=1S/C20H26N4O3/c1-26-15-10-7-11-16(27-2)19(15)20(25)22-18-13-12-17(23-24-18)21-14-8-5-3-4-6-9-14/h7,10-14H,3-6,8-9H2,1-2H3,(H,21,23)(H,22,24,25). The minimum absolute atomic E-state index is 0.324. The summed E-state index contributed by atoms with van der Waals surface area (Å²) in [6.07, 6.45) is 7.43. The fraction of sp³-hybridized carbons (Fsp3) is 0.450. The van der Waals surface area contributed by atoms with Gasteiger partial charge in [0.25, 0.3) is 5.91 Å². The Bertz CT molecular complexity index is 734. The molecular weight excluding hydrogens is 344 g/mol. The molecule has 0 radical (unpaired) electrons. The smallest absolute Gasteiger partial charge is 0.264 e. The molecule has 1 saturated carbocycles. The van der Waals surface area contributed by atoms with Crippen LogP contribution in [0, 0.1) is 0 Å². The van der Waals surface area contributed by atoms with Gasteiger partial charge in [0.15, 0.2) is 5.82 Å². The van der Waals surface area contributed by atoms with Gasteiger partial charge < -0.3 is 20.1 Å². The Morgan fingerprint density at radius 3 is 2.07 bits per heavy atom. The van der Waals surface area contributed by atoms with E-state index in [-0.39, 0.29) is 5.91 Å². The Kier molecular flexibility index (Phi) is 6.46. The maximum atomic E-state index is 12.7. The van der Waals surface area contributed by atoms with E-state index in [0.29, 0.717) is 28.9 Å². The van der Waals surface area contributed by atoms with Gasteiger partial charge in [0.2, 0.25) is 0 Å². The summed E-state index contributed by atoms with van der Waals surface area (Å²) in [5, 5.41) is 14.5. The predicted octanol–water partition coefficient (Wildman–Crippen LogP) is 3.88. The van der Waals surface area contributed by atoms with E-state index in [4.69, 9.17) is 9.47 Å². The number of carbonyl (C=O) groups excluding carboxylic acids is 1. The number of amides is 1. The highest BCUT2D eigenvalue weighted by molar-refractivity contribution is 6.07. The van der Waals surface area contributed by atoms with E-state index in [1.807, 2.05) is 6.07 Å². The lowest BCUT2D eigenvalue weighted by Gasteiger charge is -2.16. The van der Waals surface area contributed by atoms with Crippen LogP contribution in [0.2, 0.25) is 0 Å². The van der Waals surface area contributed by atoms with Crippen LogP contribution in [0.15, 0.2) is 30.3 Å². The first kappa shape index (κ1) is 18.9. The van der Waals surface area contributed by atoms with Crippen LogP contribution in [-0.4, -0.2) is 36.4 Å². The van der Waals surface area contributed by atoms with E-state index >= 15 is 0 Å². The minimum Gasteiger partial charge on any atom is -0.496 e. The molecule has 1 heterocycles. The fourth-order valence-corrected chi connectivity index (χ4v) is 3.36. The maximum Gasteiger partial charge on any atom is 0.264 e. The fourth-order valence-electron chi connectivity index (χ4n) is 3.36. The van der Waals surface area contributed by atoms with E-state index in [0.717, 1.165) is 18.7 Å². The molecule has 27 heavy (non-hydrogen) atoms. The number of anilines is 2. The quantitative estimate of drug-likeness (QED) is 0.751. The van der Waals surface area contributed by atoms with Gasteiger partial charge in [0.05, 0.1) is 14.2 Å². The SMILES string of the molecule is COc1cccc(OC)c1C(=O)Nc1ccc(NC2CCCCCC2)nn1. The topological polar surface area (TPSA) is 85.4 Å². The molecule has 1 aliphatic rings. The van der Waals surface area contributed by atoms with E-state index in [1.165, 1.54) is 39.9 Å². The highest BCUT2D eigenvalue weighted by Gasteiger charge is 2.19. The molecule has 7 heteroatoms. The lowest BCUT2D eigenvalue weighted by Crippen LogP contribution is -2.20. The van der Waals surface area contributed by atoms with Crippen molar-refractivity contribution in [1.82, 2.24) is 10.2 Å². The van der Waals surface area contributed by atoms with Crippen LogP contribution < -0.4 is 20.1 Å². The van der Waals surface area contributed by atoms with E-state index in [1.54, 1.807) is 24.3 Å². The predicted molar refractivity (Wildman–Crippen MR) is 105 cm³/mol. The number of rotatable bonds is 6. The van der Waals surface area contributed by atoms with Gasteiger partial charge in [-0.15, -0.1) is 10.2 Å². The van der Waals surface area contributed by atoms with E-state index < -0.39 is 0 Å². The first-order chi connectivity index (χ1) is 13.2. The molecule has 0 bridgehead atoms. The third-order valence-electron chi connectivity index (χ3n) is 4.77. The van der Waals surface area contributed by atoms with Gasteiger partial charge >= 0.3 is 0 Å². The summed E-state index contributed by atoms with van der Waals surface area (Å²) in [6, 6.07) is 9.22. The van der Waals surface area contributed by atoms with Gasteiger partial charge in [-0.05, 0) is 37.1 Å². The molecule has 1 fully saturated rings. The van der Waals surface area contributed by atoms with Crippen LogP contribution in [0.5, 0.6) is 11.5 Å². The van der Waals surface area contributed by atoms with Crippen molar-refractivity contribution in [2.75, 3.05) is 24.9 Å². The normalized spacial score (nSPS) is 14.9. The molecule has 0 saturated heterocycles. The molecule has 1 aliphatic carbocycles. The first-order valence-corrected chi connectivity index (χ1v) is 9.34. The second-order valence-corrected chi connectivity index (χ2v) is 6.63. The largest absolute Gasteiger partial charge is 0.496 e. The van der Waals surface area contributed by atoms with Gasteiger partial charge in [-0.2, -0.15) is 0 Å². The van der Waals surface area contributed by atoms with Crippen LogP contribution in [0.3, 0.4) is 0 Å². The lowest BCUT2D eigenvalue weighted by atomic mass is 10.1. The summed E-state index contributed by atoms with van der Waals surface area (Å²) in [7, 11) is 3.03. The van der Waals surface area contributed by atoms with Crippen LogP contribution in [-0.2, 0) is 0 Å². The Morgan fingerprint density at radius 2 is 1.52 bits per heavy atom. The van der Waals surface area contributed by atoms with Crippen molar-refractivity contribution in [1.29, 1.82) is 0 Å². The molecule has 0 spiro atoms. The van der Waals surface area contributed by atoms with Gasteiger partial charge in [-0.3, -0.25) is 4.79 Å². The number of hydrogen-bond acceptors (Lipinski definition) is 6. The summed E-state index contributed by atoms with van der Waals surface area (Å²) in [6.45, 7) is 0. The van der Waals surface area contributed by atoms with Gasteiger partial charge in [-0.25, -0.2) is 0 Å². The van der Waals surface area contributed by atoms with Gasteiger partial charge in [0, 0.05) is 6.04 Å². The number of benzene rings is 1. The molecule has 0 atom stereocenters. The number of nitrogens with zero attached hydrogens (tertiary/aromatic N) is 2. The zero-order valence-electron chi connectivity index (χ0n) is 15.8. The van der Waals surface area contributed by atoms with E-state index in [2.05, 4.69) is 20.8 Å². The van der Waals surface area contributed by atoms with Crippen molar-refractivity contribution in [2.24, 2.45) is 0 Å². The highest BCUT2D eigenvalue weighted by Crippen LogP contribution is 2.29. The molecule has 1 amide bonds. The number of ether oxygens (including phenoxy) is 2. The second-order valence-electron chi connectivity index (χ2n) is 6.63. The average Bonchev–Trinajstić information content (AvgIpc) is 2.97. The van der Waals surface area contributed by atoms with Gasteiger partial charge in [-0.1, -0.05) is 31.7 Å². The summed E-state index contributed by atoms with van der Waals surface area (Å²) < 4.78 is 10.5. The van der Waals surface area contributed by atoms with Crippen molar-refractivity contribution in [3.05, 3.63) is 35.9 Å². The third kappa shape index (κ3) is 4.87. The second kappa shape index (κ2) is 9.21. The monoisotopic (exact) mass is 370 g/mol. The van der Waals surface area contributed by atoms with Crippen molar-refractivity contribution in [2.45, 2.75) is 44.6 Å². The molecule has 2 aromatic rings. The molecule has 3 rings (SSSR count). The molecule has 2 N–H and O–H groups in total. The van der Waals surface area contributed by atoms with Crippen LogP contribution in [0.25, 0.3) is 0 Å². The zero-order chi connectivity index (χ0) is 19.1. The maximum absolute atomic E-state index is 12.7. The Morgan fingerprint density at radius 1 is 0.926 bits per heavy atom. The number of nitrogens with one attached hydrogen (secondary N) is 2. The molecule has 0 aliphatic heterocycles. The Labute approximate surface area is 159 Å². The molecule has 0 unspecified atom stereocenters. The molecular formula is C20H26N4O3. The number of carbonyl (C=O) groups is 1. The van der Waals surface area contributed by atoms with Crippen LogP contribution >= 0.6 is 0 Å². The number of aromatic nitrogens is 2. The third-order valence-corrected chi connectivity index (χ3v) is 4.77. The Hall–Kier alpha value is -2.83. The molecule has 7 nitrogen and oxygen atoms in total. The number of hydrogen-bond donors (Lipinski definition) is 2. The molecule has 1 aromatic heterocycles. The van der Waals surface area contributed by atoms with Crippen LogP contribution in [0.1, 0.15) is 48.9 Å². The van der Waals surface area contributed by atoms with Gasteiger partial charge in [0.1, 0.15) is 22.9 Å². The van der Waals surface area contributed by atoms with Crippen molar-refractivity contribution >= 4 is 17.5 Å². The molecule has 1 aromatic carbocycles. The Balaban J connectivity index is 1.67. The zero-order valence-corrected chi connectivity index (χ0v) is 15.8. The summed E-state index contributed by atoms with van der Waals surface area (Å²) in [5.41, 5.74) is 0.324. The lowest BCUT2D eigenvalue weighted by molar-refractivity contribution is 0.102. The minimum atomic E-state index is -0.358. The summed E-state index contributed by atoms with van der Waals surface area (Å²) >= 11 is 0. The average molecular weight is 370 g/mol. The number of methoxy groups -OCH3 is 2. The van der Waals surface area contributed by atoms with Crippen molar-refractivity contribution < 1.29 is 14.3 Å². The van der Waals surface area contributed by atoms with E-state index in [9.17, 15) is 4.79 Å². The summed E-state index contributed by atoms with van der Waals surface area (Å²) in [5.74, 6) is 1.62.